The summed E-state index contributed by atoms with van der Waals surface area (Å²) in [4.78, 5) is 0. The normalized spacial score (nSPS) is 11.9. The van der Waals surface area contributed by atoms with Gasteiger partial charge in [-0.15, -0.1) is 0 Å². The lowest BCUT2D eigenvalue weighted by Gasteiger charge is -2.12. The van der Waals surface area contributed by atoms with Gasteiger partial charge in [0.25, 0.3) is 0 Å². The highest BCUT2D eigenvalue weighted by molar-refractivity contribution is 5.27. The Morgan fingerprint density at radius 2 is 1.81 bits per heavy atom. The van der Waals surface area contributed by atoms with E-state index >= 15 is 0 Å². The molecule has 0 unspecified atom stereocenters. The second-order valence-electron chi connectivity index (χ2n) is 4.80. The molecule has 0 radical (unpaired) electrons. The Morgan fingerprint density at radius 3 is 2.48 bits per heavy atom. The molecule has 2 aromatic rings. The van der Waals surface area contributed by atoms with Crippen LogP contribution >= 0.6 is 0 Å². The summed E-state index contributed by atoms with van der Waals surface area (Å²) in [5.74, 6) is 0.836. The maximum Gasteiger partial charge on any atom is 0.119 e. The molecule has 2 aromatic carbocycles. The number of hydrogen-bond donors (Lipinski definition) is 2. The molecule has 0 heterocycles. The Kier molecular flexibility index (Phi) is 6.00. The average molecular weight is 283 g/mol. The molecular formula is C18H21NO2. The fraction of sp³-hybridized carbons (Fsp3) is 0.222. The van der Waals surface area contributed by atoms with Gasteiger partial charge in [-0.25, -0.2) is 0 Å². The number of rotatable bonds is 8. The van der Waals surface area contributed by atoms with E-state index in [1.807, 2.05) is 54.6 Å². The third kappa shape index (κ3) is 5.06. The molecule has 0 amide bonds. The third-order valence-electron chi connectivity index (χ3n) is 3.14. The van der Waals surface area contributed by atoms with Crippen LogP contribution in [-0.2, 0) is 6.54 Å². The van der Waals surface area contributed by atoms with Gasteiger partial charge in [0.15, 0.2) is 0 Å². The molecule has 1 atom stereocenters. The van der Waals surface area contributed by atoms with Crippen molar-refractivity contribution in [1.82, 2.24) is 5.32 Å². The molecule has 0 bridgehead atoms. The molecule has 3 nitrogen and oxygen atoms in total. The quantitative estimate of drug-likeness (QED) is 0.732. The van der Waals surface area contributed by atoms with Gasteiger partial charge >= 0.3 is 0 Å². The van der Waals surface area contributed by atoms with Gasteiger partial charge in [0.2, 0.25) is 0 Å². The Labute approximate surface area is 125 Å². The Hall–Kier alpha value is -2.10. The van der Waals surface area contributed by atoms with Gasteiger partial charge in [0.1, 0.15) is 12.4 Å². The largest absolute Gasteiger partial charge is 0.490 e. The van der Waals surface area contributed by atoms with E-state index in [-0.39, 0.29) is 0 Å². The summed E-state index contributed by atoms with van der Waals surface area (Å²) in [6, 6.07) is 17.6. The molecule has 0 saturated carbocycles. The van der Waals surface area contributed by atoms with Crippen LogP contribution in [0.3, 0.4) is 0 Å². The van der Waals surface area contributed by atoms with Crippen molar-refractivity contribution < 1.29 is 9.84 Å². The summed E-state index contributed by atoms with van der Waals surface area (Å²) in [7, 11) is 0. The maximum atomic E-state index is 10.0. The first-order valence-corrected chi connectivity index (χ1v) is 7.06. The van der Waals surface area contributed by atoms with Crippen LogP contribution in [0.2, 0.25) is 0 Å². The van der Waals surface area contributed by atoms with Crippen molar-refractivity contribution in [2.24, 2.45) is 0 Å². The highest BCUT2D eigenvalue weighted by Crippen LogP contribution is 2.13. The second-order valence-corrected chi connectivity index (χ2v) is 4.80. The first kappa shape index (κ1) is 15.3. The number of ether oxygens (including phenoxy) is 1. The van der Waals surface area contributed by atoms with Gasteiger partial charge in [-0.2, -0.15) is 0 Å². The van der Waals surface area contributed by atoms with Crippen LogP contribution in [-0.4, -0.2) is 18.3 Å². The van der Waals surface area contributed by atoms with E-state index in [2.05, 4.69) is 11.9 Å². The van der Waals surface area contributed by atoms with Crippen molar-refractivity contribution in [2.75, 3.05) is 13.2 Å². The lowest BCUT2D eigenvalue weighted by molar-refractivity contribution is 0.174. The minimum absolute atomic E-state index is 0.485. The highest BCUT2D eigenvalue weighted by atomic mass is 16.5. The molecule has 0 aromatic heterocycles. The lowest BCUT2D eigenvalue weighted by Crippen LogP contribution is -2.20. The topological polar surface area (TPSA) is 41.5 Å². The van der Waals surface area contributed by atoms with E-state index in [0.29, 0.717) is 19.7 Å². The molecule has 2 N–H and O–H groups in total. The van der Waals surface area contributed by atoms with Crippen molar-refractivity contribution in [1.29, 1.82) is 0 Å². The minimum Gasteiger partial charge on any atom is -0.490 e. The van der Waals surface area contributed by atoms with E-state index < -0.39 is 6.10 Å². The zero-order valence-corrected chi connectivity index (χ0v) is 12.0. The van der Waals surface area contributed by atoms with E-state index in [9.17, 15) is 5.11 Å². The molecule has 3 heteroatoms. The van der Waals surface area contributed by atoms with Crippen molar-refractivity contribution in [2.45, 2.75) is 12.6 Å². The van der Waals surface area contributed by atoms with Gasteiger partial charge in [-0.05, 0) is 23.3 Å². The van der Waals surface area contributed by atoms with Crippen molar-refractivity contribution in [3.63, 3.8) is 0 Å². The smallest absolute Gasteiger partial charge is 0.119 e. The molecule has 0 aliphatic rings. The van der Waals surface area contributed by atoms with E-state index in [1.165, 1.54) is 0 Å². The molecule has 0 aliphatic carbocycles. The van der Waals surface area contributed by atoms with Gasteiger partial charge in [0, 0.05) is 13.1 Å². The molecule has 0 fully saturated rings. The average Bonchev–Trinajstić information content (AvgIpc) is 2.55. The van der Waals surface area contributed by atoms with Crippen LogP contribution in [0.25, 0.3) is 0 Å². The first-order chi connectivity index (χ1) is 10.3. The summed E-state index contributed by atoms with van der Waals surface area (Å²) in [5.41, 5.74) is 2.08. The molecule has 0 saturated heterocycles. The van der Waals surface area contributed by atoms with E-state index in [0.717, 1.165) is 16.9 Å². The SMILES string of the molecule is C=CCOc1ccc(CNC[C@H](O)c2ccccc2)cc1. The monoisotopic (exact) mass is 283 g/mol. The second kappa shape index (κ2) is 8.25. The Morgan fingerprint density at radius 1 is 1.10 bits per heavy atom. The Balaban J connectivity index is 1.77. The predicted octanol–water partition coefficient (Wildman–Crippen LogP) is 3.07. The maximum absolute atomic E-state index is 10.0. The minimum atomic E-state index is -0.485. The van der Waals surface area contributed by atoms with Gasteiger partial charge in [-0.3, -0.25) is 0 Å². The summed E-state index contributed by atoms with van der Waals surface area (Å²) >= 11 is 0. The number of aliphatic hydroxyl groups excluding tert-OH is 1. The summed E-state index contributed by atoms with van der Waals surface area (Å²) in [6.07, 6.45) is 1.24. The van der Waals surface area contributed by atoms with Crippen LogP contribution < -0.4 is 10.1 Å². The predicted molar refractivity (Wildman–Crippen MR) is 85.2 cm³/mol. The number of aliphatic hydroxyl groups is 1. The zero-order valence-electron chi connectivity index (χ0n) is 12.0. The highest BCUT2D eigenvalue weighted by Gasteiger charge is 2.05. The molecule has 2 rings (SSSR count). The van der Waals surface area contributed by atoms with Crippen molar-refractivity contribution in [3.8, 4) is 5.75 Å². The van der Waals surface area contributed by atoms with Gasteiger partial charge in [0.05, 0.1) is 6.10 Å². The van der Waals surface area contributed by atoms with Crippen molar-refractivity contribution in [3.05, 3.63) is 78.4 Å². The van der Waals surface area contributed by atoms with Crippen LogP contribution in [0.5, 0.6) is 5.75 Å². The van der Waals surface area contributed by atoms with Gasteiger partial charge < -0.3 is 15.2 Å². The standard InChI is InChI=1S/C18H21NO2/c1-2-12-21-17-10-8-15(9-11-17)13-19-14-18(20)16-6-4-3-5-7-16/h2-11,18-20H,1,12-14H2/t18-/m0/s1. The fourth-order valence-corrected chi connectivity index (χ4v) is 2.00. The van der Waals surface area contributed by atoms with E-state index in [4.69, 9.17) is 4.74 Å². The van der Waals surface area contributed by atoms with Crippen molar-refractivity contribution >= 4 is 0 Å². The lowest BCUT2D eigenvalue weighted by atomic mass is 10.1. The van der Waals surface area contributed by atoms with Crippen LogP contribution in [0.4, 0.5) is 0 Å². The summed E-state index contributed by atoms with van der Waals surface area (Å²) in [6.45, 7) is 5.37. The number of hydrogen-bond acceptors (Lipinski definition) is 3. The molecule has 0 aliphatic heterocycles. The summed E-state index contributed by atoms with van der Waals surface area (Å²) in [5, 5.41) is 13.3. The number of benzene rings is 2. The zero-order chi connectivity index (χ0) is 14.9. The van der Waals surface area contributed by atoms with Crippen LogP contribution in [0, 0.1) is 0 Å². The number of nitrogens with one attached hydrogen (secondary N) is 1. The molecule has 0 spiro atoms. The molecule has 21 heavy (non-hydrogen) atoms. The molecule has 110 valence electrons. The van der Waals surface area contributed by atoms with Gasteiger partial charge in [-0.1, -0.05) is 55.1 Å². The summed E-state index contributed by atoms with van der Waals surface area (Å²) < 4.78 is 5.43. The molecular weight excluding hydrogens is 262 g/mol. The van der Waals surface area contributed by atoms with Crippen LogP contribution in [0.15, 0.2) is 67.3 Å². The third-order valence-corrected chi connectivity index (χ3v) is 3.14. The Bertz CT molecular complexity index is 537. The van der Waals surface area contributed by atoms with Crippen LogP contribution in [0.1, 0.15) is 17.2 Å². The first-order valence-electron chi connectivity index (χ1n) is 7.06. The van der Waals surface area contributed by atoms with E-state index in [1.54, 1.807) is 6.08 Å². The fourth-order valence-electron chi connectivity index (χ4n) is 2.00.